The average Bonchev–Trinajstić information content (AvgIpc) is 1.80. The normalized spacial score (nSPS) is 9.44. The largest absolute Gasteiger partial charge is 0.508 e. The van der Waals surface area contributed by atoms with Gasteiger partial charge in [0.25, 0.3) is 0 Å². The molecule has 0 bridgehead atoms. The maximum Gasteiger partial charge on any atom is 0.126 e. The molecular formula is C6H7O2P. The van der Waals surface area contributed by atoms with E-state index in [1.165, 1.54) is 12.1 Å². The van der Waals surface area contributed by atoms with Crippen molar-refractivity contribution >= 4 is 14.5 Å². The molecule has 0 aliphatic rings. The van der Waals surface area contributed by atoms with E-state index in [1.807, 2.05) is 0 Å². The molecule has 0 spiro atoms. The fourth-order valence-corrected chi connectivity index (χ4v) is 0.712. The molecule has 0 saturated heterocycles. The van der Waals surface area contributed by atoms with Gasteiger partial charge in [0, 0.05) is 11.4 Å². The van der Waals surface area contributed by atoms with Crippen LogP contribution in [0.2, 0.25) is 0 Å². The first kappa shape index (κ1) is 6.37. The van der Waals surface area contributed by atoms with Crippen molar-refractivity contribution in [1.82, 2.24) is 0 Å². The number of benzene rings is 1. The molecule has 1 unspecified atom stereocenters. The highest BCUT2D eigenvalue weighted by Crippen LogP contribution is 2.15. The number of phenols is 2. The van der Waals surface area contributed by atoms with Gasteiger partial charge in [0.05, 0.1) is 0 Å². The lowest BCUT2D eigenvalue weighted by atomic mass is 10.3. The molecule has 0 radical (unpaired) electrons. The van der Waals surface area contributed by atoms with Gasteiger partial charge in [-0.25, -0.2) is 0 Å². The number of rotatable bonds is 0. The van der Waals surface area contributed by atoms with Gasteiger partial charge in [-0.1, -0.05) is 0 Å². The Kier molecular flexibility index (Phi) is 1.58. The Labute approximate surface area is 55.3 Å². The van der Waals surface area contributed by atoms with Gasteiger partial charge >= 0.3 is 0 Å². The molecule has 0 aromatic heterocycles. The second-order valence-corrected chi connectivity index (χ2v) is 2.37. The van der Waals surface area contributed by atoms with Crippen LogP contribution in [0, 0.1) is 0 Å². The number of hydrogen-bond acceptors (Lipinski definition) is 2. The van der Waals surface area contributed by atoms with E-state index in [4.69, 9.17) is 10.2 Å². The zero-order valence-corrected chi connectivity index (χ0v) is 5.86. The van der Waals surface area contributed by atoms with Crippen molar-refractivity contribution in [3.8, 4) is 11.5 Å². The molecule has 3 heteroatoms. The first-order valence-electron chi connectivity index (χ1n) is 2.47. The average molecular weight is 142 g/mol. The van der Waals surface area contributed by atoms with Crippen molar-refractivity contribution in [2.75, 3.05) is 0 Å². The molecule has 1 rings (SSSR count). The molecule has 1 aromatic rings. The zero-order chi connectivity index (χ0) is 6.85. The van der Waals surface area contributed by atoms with E-state index in [0.29, 0.717) is 5.30 Å². The molecule has 2 nitrogen and oxygen atoms in total. The van der Waals surface area contributed by atoms with Gasteiger partial charge in [-0.3, -0.25) is 0 Å². The highest BCUT2D eigenvalue weighted by Gasteiger charge is 1.93. The molecule has 1 atom stereocenters. The van der Waals surface area contributed by atoms with Gasteiger partial charge < -0.3 is 10.2 Å². The summed E-state index contributed by atoms with van der Waals surface area (Å²) in [6, 6.07) is 4.43. The van der Waals surface area contributed by atoms with Crippen LogP contribution in [-0.2, 0) is 0 Å². The van der Waals surface area contributed by atoms with Crippen molar-refractivity contribution in [3.05, 3.63) is 18.2 Å². The topological polar surface area (TPSA) is 40.5 Å². The maximum atomic E-state index is 8.92. The molecule has 0 saturated carbocycles. The molecule has 9 heavy (non-hydrogen) atoms. The molecule has 0 amide bonds. The third kappa shape index (κ3) is 1.33. The first-order chi connectivity index (χ1) is 4.20. The molecular weight excluding hydrogens is 135 g/mol. The predicted molar refractivity (Wildman–Crippen MR) is 39.1 cm³/mol. The van der Waals surface area contributed by atoms with E-state index >= 15 is 0 Å². The molecule has 0 heterocycles. The van der Waals surface area contributed by atoms with Crippen LogP contribution in [0.1, 0.15) is 0 Å². The monoisotopic (exact) mass is 142 g/mol. The van der Waals surface area contributed by atoms with Crippen LogP contribution in [0.4, 0.5) is 0 Å². The summed E-state index contributed by atoms with van der Waals surface area (Å²) in [4.78, 5) is 0. The van der Waals surface area contributed by atoms with Crippen molar-refractivity contribution < 1.29 is 10.2 Å². The fraction of sp³-hybridized carbons (Fsp3) is 0. The van der Waals surface area contributed by atoms with Crippen LogP contribution in [0.5, 0.6) is 11.5 Å². The summed E-state index contributed by atoms with van der Waals surface area (Å²) in [6.07, 6.45) is 0. The van der Waals surface area contributed by atoms with Crippen LogP contribution in [-0.4, -0.2) is 10.2 Å². The van der Waals surface area contributed by atoms with Gasteiger partial charge in [-0.15, -0.1) is 9.24 Å². The Morgan fingerprint density at radius 2 is 1.89 bits per heavy atom. The molecule has 0 aliphatic heterocycles. The molecule has 48 valence electrons. The quantitative estimate of drug-likeness (QED) is 0.520. The van der Waals surface area contributed by atoms with Gasteiger partial charge in [-0.2, -0.15) is 0 Å². The van der Waals surface area contributed by atoms with Gasteiger partial charge in [0.1, 0.15) is 11.5 Å². The third-order valence-electron chi connectivity index (χ3n) is 1.01. The summed E-state index contributed by atoms with van der Waals surface area (Å²) < 4.78 is 0. The maximum absolute atomic E-state index is 8.92. The molecule has 2 N–H and O–H groups in total. The molecule has 1 aromatic carbocycles. The summed E-state index contributed by atoms with van der Waals surface area (Å²) in [7, 11) is 2.35. The second-order valence-electron chi connectivity index (χ2n) is 1.74. The van der Waals surface area contributed by atoms with Crippen molar-refractivity contribution in [1.29, 1.82) is 0 Å². The van der Waals surface area contributed by atoms with Crippen molar-refractivity contribution in [2.24, 2.45) is 0 Å². The summed E-state index contributed by atoms with van der Waals surface area (Å²) >= 11 is 0. The van der Waals surface area contributed by atoms with Crippen LogP contribution < -0.4 is 5.30 Å². The number of hydrogen-bond donors (Lipinski definition) is 2. The SMILES string of the molecule is Oc1ccc(P)c(O)c1. The Morgan fingerprint density at radius 3 is 2.33 bits per heavy atom. The van der Waals surface area contributed by atoms with Gasteiger partial charge in [0.2, 0.25) is 0 Å². The third-order valence-corrected chi connectivity index (χ3v) is 1.50. The standard InChI is InChI=1S/C6H7O2P/c7-4-1-2-6(9)5(8)3-4/h1-3,7-8H,9H2. The van der Waals surface area contributed by atoms with E-state index in [-0.39, 0.29) is 11.5 Å². The Balaban J connectivity index is 3.17. The predicted octanol–water partition coefficient (Wildman–Crippen LogP) is 0.598. The molecule has 0 aliphatic carbocycles. The fourth-order valence-electron chi connectivity index (χ4n) is 0.532. The van der Waals surface area contributed by atoms with Gasteiger partial charge in [0.15, 0.2) is 0 Å². The van der Waals surface area contributed by atoms with Crippen LogP contribution >= 0.6 is 9.24 Å². The van der Waals surface area contributed by atoms with Crippen LogP contribution in [0.3, 0.4) is 0 Å². The smallest absolute Gasteiger partial charge is 0.126 e. The highest BCUT2D eigenvalue weighted by atomic mass is 31.0. The second kappa shape index (κ2) is 2.24. The Morgan fingerprint density at radius 1 is 1.22 bits per heavy atom. The molecule has 0 fully saturated rings. The minimum Gasteiger partial charge on any atom is -0.508 e. The summed E-state index contributed by atoms with van der Waals surface area (Å²) in [5, 5.41) is 18.4. The lowest BCUT2D eigenvalue weighted by Gasteiger charge is -1.96. The minimum absolute atomic E-state index is 0.0821. The van der Waals surface area contributed by atoms with Gasteiger partial charge in [-0.05, 0) is 12.1 Å². The van der Waals surface area contributed by atoms with E-state index in [1.54, 1.807) is 6.07 Å². The van der Waals surface area contributed by atoms with Crippen LogP contribution in [0.15, 0.2) is 18.2 Å². The van der Waals surface area contributed by atoms with E-state index in [2.05, 4.69) is 9.24 Å². The van der Waals surface area contributed by atoms with E-state index in [9.17, 15) is 0 Å². The number of aromatic hydroxyl groups is 2. The summed E-state index contributed by atoms with van der Waals surface area (Å²) in [6.45, 7) is 0. The van der Waals surface area contributed by atoms with Crippen LogP contribution in [0.25, 0.3) is 0 Å². The Bertz CT molecular complexity index is 222. The Hall–Kier alpha value is -0.750. The lowest BCUT2D eigenvalue weighted by molar-refractivity contribution is 0.453. The summed E-state index contributed by atoms with van der Waals surface area (Å²) in [5.41, 5.74) is 0. The van der Waals surface area contributed by atoms with E-state index < -0.39 is 0 Å². The minimum atomic E-state index is 0.0821. The summed E-state index contributed by atoms with van der Waals surface area (Å²) in [5.74, 6) is 0.179. The number of phenolic OH excluding ortho intramolecular Hbond substituents is 2. The van der Waals surface area contributed by atoms with E-state index in [0.717, 1.165) is 0 Å². The first-order valence-corrected chi connectivity index (χ1v) is 3.05. The highest BCUT2D eigenvalue weighted by molar-refractivity contribution is 7.27. The zero-order valence-electron chi connectivity index (χ0n) is 4.70. The van der Waals surface area contributed by atoms with Crippen molar-refractivity contribution in [3.63, 3.8) is 0 Å². The lowest BCUT2D eigenvalue weighted by Crippen LogP contribution is -1.87. The van der Waals surface area contributed by atoms with Crippen molar-refractivity contribution in [2.45, 2.75) is 0 Å².